The van der Waals surface area contributed by atoms with Crippen LogP contribution in [-0.4, -0.2) is 32.2 Å². The number of nitrogens with zero attached hydrogens (tertiary/aromatic N) is 1. The van der Waals surface area contributed by atoms with Crippen molar-refractivity contribution in [2.24, 2.45) is 0 Å². The van der Waals surface area contributed by atoms with Crippen molar-refractivity contribution in [3.8, 4) is 0 Å². The zero-order valence-corrected chi connectivity index (χ0v) is 11.4. The largest absolute Gasteiger partial charge is 0.390 e. The summed E-state index contributed by atoms with van der Waals surface area (Å²) in [5.41, 5.74) is 5.90. The van der Waals surface area contributed by atoms with Crippen molar-refractivity contribution >= 4 is 34.3 Å². The summed E-state index contributed by atoms with van der Waals surface area (Å²) in [5, 5.41) is 20.0. The summed E-state index contributed by atoms with van der Waals surface area (Å²) < 4.78 is 0. The Kier molecular flexibility index (Phi) is 5.87. The minimum atomic E-state index is -1.16. The number of thioether (sulfide) groups is 1. The first kappa shape index (κ1) is 15.2. The van der Waals surface area contributed by atoms with Gasteiger partial charge in [0.2, 0.25) is 0 Å². The van der Waals surface area contributed by atoms with Gasteiger partial charge in [0.15, 0.2) is 5.12 Å². The maximum absolute atomic E-state index is 10.7. The molecular weight excluding hydrogens is 276 g/mol. The molecule has 0 amide bonds. The lowest BCUT2D eigenvalue weighted by atomic mass is 10.0. The Morgan fingerprint density at radius 2 is 2.28 bits per heavy atom. The van der Waals surface area contributed by atoms with E-state index in [2.05, 4.69) is 4.98 Å². The molecule has 0 bridgehead atoms. The van der Waals surface area contributed by atoms with Crippen LogP contribution in [0.5, 0.6) is 0 Å². The van der Waals surface area contributed by atoms with Crippen LogP contribution >= 0.6 is 23.4 Å². The predicted octanol–water partition coefficient (Wildman–Crippen LogP) is 1.38. The van der Waals surface area contributed by atoms with E-state index in [-0.39, 0.29) is 17.4 Å². The molecule has 5 nitrogen and oxygen atoms in total. The topological polar surface area (TPSA) is 96.4 Å². The molecular formula is C11H15ClN2O3S. The summed E-state index contributed by atoms with van der Waals surface area (Å²) in [6.07, 6.45) is -0.536. The van der Waals surface area contributed by atoms with Gasteiger partial charge in [0, 0.05) is 24.4 Å². The molecule has 4 N–H and O–H groups in total. The molecule has 2 unspecified atom stereocenters. The van der Waals surface area contributed by atoms with E-state index in [1.807, 2.05) is 0 Å². The Bertz CT molecular complexity index is 431. The molecule has 0 aliphatic heterocycles. The molecule has 0 spiro atoms. The first-order chi connectivity index (χ1) is 8.41. The van der Waals surface area contributed by atoms with Crippen LogP contribution in [0.3, 0.4) is 0 Å². The minimum Gasteiger partial charge on any atom is -0.390 e. The van der Waals surface area contributed by atoms with Gasteiger partial charge in [-0.2, -0.15) is 0 Å². The second-order valence-corrected chi connectivity index (χ2v) is 5.48. The molecule has 1 rings (SSSR count). The van der Waals surface area contributed by atoms with Gasteiger partial charge in [-0.05, 0) is 12.5 Å². The van der Waals surface area contributed by atoms with Crippen molar-refractivity contribution in [1.82, 2.24) is 4.98 Å². The molecule has 7 heteroatoms. The number of aliphatic hydroxyl groups excluding tert-OH is 2. The summed E-state index contributed by atoms with van der Waals surface area (Å²) in [7, 11) is 0. The van der Waals surface area contributed by atoms with Crippen molar-refractivity contribution in [3.63, 3.8) is 0 Å². The van der Waals surface area contributed by atoms with Gasteiger partial charge in [-0.3, -0.25) is 4.79 Å². The number of aromatic nitrogens is 1. The number of halogens is 1. The third-order valence-corrected chi connectivity index (χ3v) is 3.37. The first-order valence-electron chi connectivity index (χ1n) is 5.32. The molecule has 0 saturated carbocycles. The lowest BCUT2D eigenvalue weighted by molar-refractivity contribution is -0.109. The van der Waals surface area contributed by atoms with Gasteiger partial charge in [-0.15, -0.1) is 0 Å². The van der Waals surface area contributed by atoms with E-state index in [9.17, 15) is 15.0 Å². The molecule has 100 valence electrons. The molecule has 0 fully saturated rings. The number of carbonyl (C=O) groups excluding carboxylic acids is 1. The Morgan fingerprint density at radius 3 is 2.89 bits per heavy atom. The van der Waals surface area contributed by atoms with Crippen LogP contribution in [0.2, 0.25) is 5.02 Å². The monoisotopic (exact) mass is 290 g/mol. The molecule has 1 aromatic rings. The average molecular weight is 291 g/mol. The molecule has 1 heterocycles. The quantitative estimate of drug-likeness (QED) is 0.758. The second kappa shape index (κ2) is 6.94. The zero-order chi connectivity index (χ0) is 13.7. The SMILES string of the molecule is CC(=O)SCCC(O)C(O)c1cc(Cl)cnc1N. The van der Waals surface area contributed by atoms with Gasteiger partial charge in [0.1, 0.15) is 11.9 Å². The van der Waals surface area contributed by atoms with Crippen LogP contribution in [0, 0.1) is 0 Å². The van der Waals surface area contributed by atoms with Crippen LogP contribution < -0.4 is 5.73 Å². The van der Waals surface area contributed by atoms with Crippen LogP contribution in [0.1, 0.15) is 25.0 Å². The van der Waals surface area contributed by atoms with Crippen molar-refractivity contribution in [1.29, 1.82) is 0 Å². The van der Waals surface area contributed by atoms with Gasteiger partial charge in [-0.25, -0.2) is 4.98 Å². The number of hydrogen-bond acceptors (Lipinski definition) is 6. The number of pyridine rings is 1. The molecule has 0 aliphatic carbocycles. The number of anilines is 1. The fourth-order valence-corrected chi connectivity index (χ4v) is 2.20. The molecule has 18 heavy (non-hydrogen) atoms. The van der Waals surface area contributed by atoms with Crippen molar-refractivity contribution in [2.45, 2.75) is 25.6 Å². The molecule has 1 aromatic heterocycles. The van der Waals surface area contributed by atoms with E-state index in [4.69, 9.17) is 17.3 Å². The number of aliphatic hydroxyl groups is 2. The maximum Gasteiger partial charge on any atom is 0.185 e. The number of nitrogens with two attached hydrogens (primary N) is 1. The zero-order valence-electron chi connectivity index (χ0n) is 9.84. The first-order valence-corrected chi connectivity index (χ1v) is 6.68. The van der Waals surface area contributed by atoms with E-state index >= 15 is 0 Å². The van der Waals surface area contributed by atoms with Gasteiger partial charge >= 0.3 is 0 Å². The van der Waals surface area contributed by atoms with Crippen LogP contribution in [-0.2, 0) is 4.79 Å². The van der Waals surface area contributed by atoms with Crippen LogP contribution in [0.4, 0.5) is 5.82 Å². The van der Waals surface area contributed by atoms with Gasteiger partial charge in [0.25, 0.3) is 0 Å². The van der Waals surface area contributed by atoms with Gasteiger partial charge < -0.3 is 15.9 Å². The van der Waals surface area contributed by atoms with Gasteiger partial charge in [-0.1, -0.05) is 23.4 Å². The van der Waals surface area contributed by atoms with E-state index in [0.29, 0.717) is 16.3 Å². The molecule has 0 aromatic carbocycles. The summed E-state index contributed by atoms with van der Waals surface area (Å²) in [5.74, 6) is 0.562. The highest BCUT2D eigenvalue weighted by Crippen LogP contribution is 2.26. The lowest BCUT2D eigenvalue weighted by Gasteiger charge is -2.18. The van der Waals surface area contributed by atoms with Gasteiger partial charge in [0.05, 0.1) is 11.1 Å². The van der Waals surface area contributed by atoms with Crippen molar-refractivity contribution in [2.75, 3.05) is 11.5 Å². The fraction of sp³-hybridized carbons (Fsp3) is 0.455. The second-order valence-electron chi connectivity index (χ2n) is 3.77. The molecule has 0 aliphatic rings. The number of carbonyl (C=O) groups is 1. The molecule has 0 saturated heterocycles. The number of nitrogen functional groups attached to an aromatic ring is 1. The van der Waals surface area contributed by atoms with E-state index in [0.717, 1.165) is 11.8 Å². The van der Waals surface area contributed by atoms with E-state index in [1.54, 1.807) is 0 Å². The predicted molar refractivity (Wildman–Crippen MR) is 72.4 cm³/mol. The average Bonchev–Trinajstić information content (AvgIpc) is 2.30. The highest BCUT2D eigenvalue weighted by atomic mass is 35.5. The van der Waals surface area contributed by atoms with E-state index < -0.39 is 12.2 Å². The summed E-state index contributed by atoms with van der Waals surface area (Å²) in [6, 6.07) is 1.47. The standard InChI is InChI=1S/C11H15ClN2O3S/c1-6(15)18-3-2-9(16)10(17)8-4-7(12)5-14-11(8)13/h4-5,9-10,16-17H,2-3H2,1H3,(H2,13,14). The highest BCUT2D eigenvalue weighted by Gasteiger charge is 2.21. The van der Waals surface area contributed by atoms with Crippen molar-refractivity contribution < 1.29 is 15.0 Å². The smallest absolute Gasteiger partial charge is 0.185 e. The Balaban J connectivity index is 2.64. The van der Waals surface area contributed by atoms with Crippen molar-refractivity contribution in [3.05, 3.63) is 22.8 Å². The van der Waals surface area contributed by atoms with Crippen LogP contribution in [0.15, 0.2) is 12.3 Å². The highest BCUT2D eigenvalue weighted by molar-refractivity contribution is 8.13. The lowest BCUT2D eigenvalue weighted by Crippen LogP contribution is -2.20. The third-order valence-electron chi connectivity index (χ3n) is 2.32. The van der Waals surface area contributed by atoms with Crippen LogP contribution in [0.25, 0.3) is 0 Å². The number of rotatable bonds is 5. The molecule has 2 atom stereocenters. The maximum atomic E-state index is 10.7. The van der Waals surface area contributed by atoms with E-state index in [1.165, 1.54) is 19.2 Å². The Hall–Kier alpha value is -0.820. The third kappa shape index (κ3) is 4.45. The Morgan fingerprint density at radius 1 is 1.61 bits per heavy atom. The minimum absolute atomic E-state index is 0.0272. The number of hydrogen-bond donors (Lipinski definition) is 3. The summed E-state index contributed by atoms with van der Waals surface area (Å²) in [6.45, 7) is 1.45. The summed E-state index contributed by atoms with van der Waals surface area (Å²) >= 11 is 6.85. The Labute approximate surface area is 114 Å². The molecule has 0 radical (unpaired) electrons. The normalized spacial score (nSPS) is 14.2. The fourth-order valence-electron chi connectivity index (χ4n) is 1.39. The summed E-state index contributed by atoms with van der Waals surface area (Å²) in [4.78, 5) is 14.5.